The number of likely N-dealkylation sites (tertiary alicyclic amines) is 1. The number of ether oxygens (including phenoxy) is 1. The number of hydrogen-bond acceptors (Lipinski definition) is 5. The third-order valence-electron chi connectivity index (χ3n) is 8.57. The first-order chi connectivity index (χ1) is 17.2. The van der Waals surface area contributed by atoms with Crippen LogP contribution in [-0.4, -0.2) is 64.2 Å². The fraction of sp³-hybridized carbons (Fsp3) is 0.679. The number of rotatable bonds is 11. The highest BCUT2D eigenvalue weighted by Crippen LogP contribution is 2.65. The van der Waals surface area contributed by atoms with Crippen molar-refractivity contribution >= 4 is 17.7 Å². The highest BCUT2D eigenvalue weighted by atomic mass is 16.5. The van der Waals surface area contributed by atoms with Crippen LogP contribution in [0.5, 0.6) is 0 Å². The average molecular weight is 500 g/mol. The molecule has 1 spiro atoms. The Morgan fingerprint density at radius 2 is 1.94 bits per heavy atom. The summed E-state index contributed by atoms with van der Waals surface area (Å²) in [5, 5.41) is 15.4. The van der Waals surface area contributed by atoms with Gasteiger partial charge in [-0.05, 0) is 51.0 Å². The van der Waals surface area contributed by atoms with E-state index in [1.807, 2.05) is 44.2 Å². The topological polar surface area (TPSA) is 108 Å². The second-order valence-electron chi connectivity index (χ2n) is 11.1. The zero-order valence-corrected chi connectivity index (χ0v) is 22.0. The first-order valence-electron chi connectivity index (χ1n) is 13.4. The molecule has 3 saturated heterocycles. The summed E-state index contributed by atoms with van der Waals surface area (Å²) in [6.45, 7) is 8.77. The number of hydrogen-bond donors (Lipinski definition) is 3. The van der Waals surface area contributed by atoms with Crippen LogP contribution in [0.3, 0.4) is 0 Å². The quantitative estimate of drug-likeness (QED) is 0.405. The number of amides is 3. The maximum atomic E-state index is 14.0. The minimum absolute atomic E-state index is 0.00906. The van der Waals surface area contributed by atoms with Gasteiger partial charge >= 0.3 is 0 Å². The van der Waals surface area contributed by atoms with Crippen LogP contribution in [0.2, 0.25) is 0 Å². The molecule has 4 rings (SSSR count). The van der Waals surface area contributed by atoms with Gasteiger partial charge in [-0.15, -0.1) is 0 Å². The molecule has 8 nitrogen and oxygen atoms in total. The van der Waals surface area contributed by atoms with Crippen molar-refractivity contribution in [1.82, 2.24) is 15.5 Å². The van der Waals surface area contributed by atoms with Crippen LogP contribution < -0.4 is 10.6 Å². The van der Waals surface area contributed by atoms with Gasteiger partial charge in [0.25, 0.3) is 0 Å². The SMILES string of the molecule is CCCC(C)NC(=O)C1N(CCCCO)C(=O)[C@@H]2[C@H](C(=O)NCc3ccccc3)[C@@]3(C)OC12CC3C. The molecule has 198 valence electrons. The lowest BCUT2D eigenvalue weighted by Crippen LogP contribution is -2.57. The van der Waals surface area contributed by atoms with Gasteiger partial charge in [0.15, 0.2) is 0 Å². The second-order valence-corrected chi connectivity index (χ2v) is 11.1. The molecule has 3 amide bonds. The molecule has 7 atom stereocenters. The molecular weight excluding hydrogens is 458 g/mol. The van der Waals surface area contributed by atoms with Crippen molar-refractivity contribution in [2.24, 2.45) is 17.8 Å². The van der Waals surface area contributed by atoms with Gasteiger partial charge in [-0.2, -0.15) is 0 Å². The molecule has 3 aliphatic rings. The number of fused-ring (bicyclic) bond motifs is 1. The van der Waals surface area contributed by atoms with Crippen molar-refractivity contribution in [3.63, 3.8) is 0 Å². The maximum Gasteiger partial charge on any atom is 0.246 e. The fourth-order valence-electron chi connectivity index (χ4n) is 6.80. The molecule has 3 fully saturated rings. The number of carbonyl (C=O) groups is 3. The number of benzene rings is 1. The third-order valence-corrected chi connectivity index (χ3v) is 8.57. The predicted octanol–water partition coefficient (Wildman–Crippen LogP) is 2.39. The summed E-state index contributed by atoms with van der Waals surface area (Å²) in [7, 11) is 0. The van der Waals surface area contributed by atoms with E-state index in [2.05, 4.69) is 24.5 Å². The van der Waals surface area contributed by atoms with Gasteiger partial charge in [0, 0.05) is 25.7 Å². The van der Waals surface area contributed by atoms with Crippen molar-refractivity contribution in [2.45, 2.75) is 89.6 Å². The molecule has 0 aliphatic carbocycles. The first-order valence-corrected chi connectivity index (χ1v) is 13.4. The Morgan fingerprint density at radius 3 is 2.61 bits per heavy atom. The lowest BCUT2D eigenvalue weighted by molar-refractivity contribution is -0.147. The van der Waals surface area contributed by atoms with Crippen molar-refractivity contribution in [1.29, 1.82) is 0 Å². The van der Waals surface area contributed by atoms with Crippen LogP contribution in [0.4, 0.5) is 0 Å². The molecule has 1 aromatic rings. The summed E-state index contributed by atoms with van der Waals surface area (Å²) in [6.07, 6.45) is 3.45. The van der Waals surface area contributed by atoms with Gasteiger partial charge in [0.2, 0.25) is 17.7 Å². The number of aliphatic hydroxyl groups excluding tert-OH is 1. The summed E-state index contributed by atoms with van der Waals surface area (Å²) >= 11 is 0. The molecule has 1 aromatic carbocycles. The van der Waals surface area contributed by atoms with E-state index in [1.54, 1.807) is 4.90 Å². The molecule has 4 unspecified atom stereocenters. The third kappa shape index (κ3) is 4.43. The van der Waals surface area contributed by atoms with Gasteiger partial charge in [-0.1, -0.05) is 50.6 Å². The number of aliphatic hydroxyl groups is 1. The van der Waals surface area contributed by atoms with E-state index in [9.17, 15) is 19.5 Å². The zero-order valence-electron chi connectivity index (χ0n) is 22.0. The standard InChI is InChI=1S/C28H41N3O5/c1-5-11-19(3)30-25(34)23-28-16-18(2)27(4,36-28)21(22(28)26(35)31(23)14-9-10-15-32)24(33)29-17-20-12-7-6-8-13-20/h6-8,12-13,18-19,21-23,32H,5,9-11,14-17H2,1-4H3,(H,29,33)(H,30,34)/t18?,19?,21-,22+,23?,27+,28?/m1/s1. The first kappa shape index (κ1) is 26.6. The second kappa shape index (κ2) is 10.5. The lowest BCUT2D eigenvalue weighted by atomic mass is 9.62. The largest absolute Gasteiger partial charge is 0.396 e. The van der Waals surface area contributed by atoms with Crippen molar-refractivity contribution in [2.75, 3.05) is 13.2 Å². The molecule has 0 aromatic heterocycles. The Hall–Kier alpha value is -2.45. The zero-order chi connectivity index (χ0) is 26.1. The number of nitrogens with one attached hydrogen (secondary N) is 2. The lowest BCUT2D eigenvalue weighted by Gasteiger charge is -2.36. The van der Waals surface area contributed by atoms with Crippen molar-refractivity contribution in [3.05, 3.63) is 35.9 Å². The molecule has 36 heavy (non-hydrogen) atoms. The molecule has 0 radical (unpaired) electrons. The van der Waals surface area contributed by atoms with E-state index in [0.717, 1.165) is 18.4 Å². The van der Waals surface area contributed by atoms with Crippen LogP contribution in [0, 0.1) is 17.8 Å². The predicted molar refractivity (Wildman–Crippen MR) is 136 cm³/mol. The minimum atomic E-state index is -1.03. The van der Waals surface area contributed by atoms with Gasteiger partial charge in [0.1, 0.15) is 11.6 Å². The highest BCUT2D eigenvalue weighted by molar-refractivity contribution is 5.99. The van der Waals surface area contributed by atoms with E-state index in [4.69, 9.17) is 4.74 Å². The van der Waals surface area contributed by atoms with Gasteiger partial charge in [-0.3, -0.25) is 14.4 Å². The Kier molecular flexibility index (Phi) is 7.76. The van der Waals surface area contributed by atoms with E-state index in [0.29, 0.717) is 32.4 Å². The summed E-state index contributed by atoms with van der Waals surface area (Å²) in [5.74, 6) is -1.98. The highest BCUT2D eigenvalue weighted by Gasteiger charge is 2.79. The summed E-state index contributed by atoms with van der Waals surface area (Å²) in [5.41, 5.74) is -0.880. The van der Waals surface area contributed by atoms with Crippen molar-refractivity contribution < 1.29 is 24.2 Å². The Morgan fingerprint density at radius 1 is 1.22 bits per heavy atom. The number of unbranched alkanes of at least 4 members (excludes halogenated alkanes) is 1. The Labute approximate surface area is 214 Å². The van der Waals surface area contributed by atoms with E-state index in [-0.39, 0.29) is 36.3 Å². The molecule has 8 heteroatoms. The molecule has 0 saturated carbocycles. The van der Waals surface area contributed by atoms with Gasteiger partial charge in [0.05, 0.1) is 17.4 Å². The number of carbonyl (C=O) groups excluding carboxylic acids is 3. The molecular formula is C28H41N3O5. The Balaban J connectivity index is 1.65. The number of nitrogens with zero attached hydrogens (tertiary/aromatic N) is 1. The van der Waals surface area contributed by atoms with Crippen LogP contribution in [0.15, 0.2) is 30.3 Å². The summed E-state index contributed by atoms with van der Waals surface area (Å²) < 4.78 is 6.72. The van der Waals surface area contributed by atoms with Crippen LogP contribution in [0.25, 0.3) is 0 Å². The van der Waals surface area contributed by atoms with Gasteiger partial charge in [-0.25, -0.2) is 0 Å². The average Bonchev–Trinajstić information content (AvgIpc) is 3.35. The monoisotopic (exact) mass is 499 g/mol. The minimum Gasteiger partial charge on any atom is -0.396 e. The summed E-state index contributed by atoms with van der Waals surface area (Å²) in [4.78, 5) is 42.9. The van der Waals surface area contributed by atoms with E-state index in [1.165, 1.54) is 0 Å². The van der Waals surface area contributed by atoms with Crippen LogP contribution in [0.1, 0.15) is 65.4 Å². The van der Waals surface area contributed by atoms with Crippen LogP contribution >= 0.6 is 0 Å². The smallest absolute Gasteiger partial charge is 0.246 e. The molecule has 3 heterocycles. The summed E-state index contributed by atoms with van der Waals surface area (Å²) in [6, 6.07) is 8.86. The van der Waals surface area contributed by atoms with E-state index >= 15 is 0 Å². The molecule has 3 N–H and O–H groups in total. The van der Waals surface area contributed by atoms with E-state index < -0.39 is 29.1 Å². The normalized spacial score (nSPS) is 33.5. The molecule has 2 bridgehead atoms. The maximum absolute atomic E-state index is 14.0. The Bertz CT molecular complexity index is 971. The molecule has 3 aliphatic heterocycles. The van der Waals surface area contributed by atoms with Gasteiger partial charge < -0.3 is 25.4 Å². The van der Waals surface area contributed by atoms with Crippen LogP contribution in [-0.2, 0) is 25.7 Å². The fourth-order valence-corrected chi connectivity index (χ4v) is 6.80. The van der Waals surface area contributed by atoms with Crippen molar-refractivity contribution in [3.8, 4) is 0 Å².